The van der Waals surface area contributed by atoms with Gasteiger partial charge in [0, 0.05) is 18.2 Å². The summed E-state index contributed by atoms with van der Waals surface area (Å²) in [5.74, 6) is -0.262. The Morgan fingerprint density at radius 1 is 1.60 bits per heavy atom. The van der Waals surface area contributed by atoms with Gasteiger partial charge in [0.25, 0.3) is 5.91 Å². The number of ether oxygens (including phenoxy) is 1. The van der Waals surface area contributed by atoms with Gasteiger partial charge in [-0.25, -0.2) is 4.79 Å². The average Bonchev–Trinajstić information content (AvgIpc) is 2.84. The number of carbonyl (C=O) groups excluding carboxylic acids is 2. The summed E-state index contributed by atoms with van der Waals surface area (Å²) in [5, 5.41) is 11.6. The zero-order chi connectivity index (χ0) is 14.5. The largest absolute Gasteiger partial charge is 0.448 e. The molecule has 1 aromatic rings. The highest BCUT2D eigenvalue weighted by molar-refractivity contribution is 5.94. The van der Waals surface area contributed by atoms with Gasteiger partial charge in [0.15, 0.2) is 0 Å². The fraction of sp³-hybridized carbons (Fsp3) is 0.357. The van der Waals surface area contributed by atoms with Crippen molar-refractivity contribution >= 4 is 12.0 Å². The first-order valence-corrected chi connectivity index (χ1v) is 6.33. The van der Waals surface area contributed by atoms with Gasteiger partial charge in [-0.3, -0.25) is 4.79 Å². The first-order valence-electron chi connectivity index (χ1n) is 6.33. The lowest BCUT2D eigenvalue weighted by atomic mass is 10.1. The van der Waals surface area contributed by atoms with Gasteiger partial charge in [-0.05, 0) is 25.1 Å². The van der Waals surface area contributed by atoms with Gasteiger partial charge in [-0.2, -0.15) is 5.26 Å². The minimum absolute atomic E-state index is 0.195. The molecule has 6 heteroatoms. The van der Waals surface area contributed by atoms with Crippen molar-refractivity contribution in [3.05, 3.63) is 35.4 Å². The highest BCUT2D eigenvalue weighted by atomic mass is 16.6. The molecule has 2 rings (SSSR count). The van der Waals surface area contributed by atoms with Gasteiger partial charge >= 0.3 is 6.09 Å². The molecule has 1 saturated heterocycles. The van der Waals surface area contributed by atoms with Crippen LogP contribution in [0.2, 0.25) is 0 Å². The molecule has 0 radical (unpaired) electrons. The number of nitrogens with zero attached hydrogens (tertiary/aromatic N) is 2. The smallest absolute Gasteiger partial charge is 0.410 e. The Morgan fingerprint density at radius 3 is 3.05 bits per heavy atom. The number of nitrogens with one attached hydrogen (secondary N) is 1. The number of benzene rings is 1. The quantitative estimate of drug-likeness (QED) is 0.891. The topological polar surface area (TPSA) is 82.4 Å². The van der Waals surface area contributed by atoms with Crippen molar-refractivity contribution in [2.24, 2.45) is 0 Å². The predicted octanol–water partition coefficient (Wildman–Crippen LogP) is 1.13. The molecule has 1 atom stereocenters. The molecule has 1 aliphatic rings. The summed E-state index contributed by atoms with van der Waals surface area (Å²) in [4.78, 5) is 24.9. The molecule has 1 fully saturated rings. The van der Waals surface area contributed by atoms with Gasteiger partial charge in [0.1, 0.15) is 6.61 Å². The number of amides is 2. The number of rotatable bonds is 4. The second-order valence-electron chi connectivity index (χ2n) is 4.63. The summed E-state index contributed by atoms with van der Waals surface area (Å²) < 4.78 is 4.82. The van der Waals surface area contributed by atoms with Crippen LogP contribution in [0.15, 0.2) is 24.3 Å². The fourth-order valence-electron chi connectivity index (χ4n) is 2.00. The first-order chi connectivity index (χ1) is 9.60. The van der Waals surface area contributed by atoms with Crippen molar-refractivity contribution in [2.45, 2.75) is 13.0 Å². The van der Waals surface area contributed by atoms with Crippen molar-refractivity contribution in [3.63, 3.8) is 0 Å². The van der Waals surface area contributed by atoms with Crippen LogP contribution in [-0.2, 0) is 4.74 Å². The van der Waals surface area contributed by atoms with Gasteiger partial charge in [0.05, 0.1) is 18.2 Å². The lowest BCUT2D eigenvalue weighted by Crippen LogP contribution is -2.42. The summed E-state index contributed by atoms with van der Waals surface area (Å²) in [6.07, 6.45) is -0.349. The SMILES string of the molecule is C[C@@H](CN1CCOC1=O)NC(=O)c1cccc(C#N)c1. The highest BCUT2D eigenvalue weighted by Gasteiger charge is 2.24. The second-order valence-corrected chi connectivity index (χ2v) is 4.63. The van der Waals surface area contributed by atoms with Crippen LogP contribution in [0.3, 0.4) is 0 Å². The van der Waals surface area contributed by atoms with Crippen molar-refractivity contribution < 1.29 is 14.3 Å². The second kappa shape index (κ2) is 6.06. The van der Waals surface area contributed by atoms with Crippen LogP contribution in [0.5, 0.6) is 0 Å². The summed E-state index contributed by atoms with van der Waals surface area (Å²) >= 11 is 0. The van der Waals surface area contributed by atoms with Crippen molar-refractivity contribution in [1.82, 2.24) is 10.2 Å². The zero-order valence-electron chi connectivity index (χ0n) is 11.1. The van der Waals surface area contributed by atoms with E-state index in [9.17, 15) is 9.59 Å². The third-order valence-corrected chi connectivity index (χ3v) is 2.97. The van der Waals surface area contributed by atoms with Crippen molar-refractivity contribution in [3.8, 4) is 6.07 Å². The van der Waals surface area contributed by atoms with Crippen LogP contribution in [0, 0.1) is 11.3 Å². The Morgan fingerprint density at radius 2 is 2.40 bits per heavy atom. The van der Waals surface area contributed by atoms with Crippen LogP contribution >= 0.6 is 0 Å². The third kappa shape index (κ3) is 3.26. The maximum Gasteiger partial charge on any atom is 0.410 e. The van der Waals surface area contributed by atoms with E-state index in [2.05, 4.69) is 5.32 Å². The van der Waals surface area contributed by atoms with Gasteiger partial charge < -0.3 is 15.0 Å². The molecule has 0 unspecified atom stereocenters. The van der Waals surface area contributed by atoms with Crippen LogP contribution in [0.25, 0.3) is 0 Å². The van der Waals surface area contributed by atoms with E-state index in [1.54, 1.807) is 23.1 Å². The molecule has 1 aromatic carbocycles. The first kappa shape index (κ1) is 13.9. The Kier molecular flexibility index (Phi) is 4.20. The molecule has 0 spiro atoms. The Labute approximate surface area is 116 Å². The number of carbonyl (C=O) groups is 2. The molecule has 1 aliphatic heterocycles. The molecular formula is C14H15N3O3. The Bertz CT molecular complexity index is 565. The number of hydrogen-bond donors (Lipinski definition) is 1. The molecule has 0 saturated carbocycles. The summed E-state index contributed by atoms with van der Waals surface area (Å²) in [5.41, 5.74) is 0.869. The lowest BCUT2D eigenvalue weighted by Gasteiger charge is -2.19. The number of nitriles is 1. The van der Waals surface area contributed by atoms with E-state index in [4.69, 9.17) is 10.00 Å². The normalized spacial score (nSPS) is 15.4. The van der Waals surface area contributed by atoms with E-state index >= 15 is 0 Å². The number of hydrogen-bond acceptors (Lipinski definition) is 4. The van der Waals surface area contributed by atoms with Gasteiger partial charge in [-0.1, -0.05) is 6.07 Å². The lowest BCUT2D eigenvalue weighted by molar-refractivity contribution is 0.0930. The molecular weight excluding hydrogens is 258 g/mol. The summed E-state index contributed by atoms with van der Waals surface area (Å²) in [7, 11) is 0. The predicted molar refractivity (Wildman–Crippen MR) is 71.0 cm³/mol. The van der Waals surface area contributed by atoms with Crippen molar-refractivity contribution in [1.29, 1.82) is 5.26 Å². The highest BCUT2D eigenvalue weighted by Crippen LogP contribution is 2.06. The minimum Gasteiger partial charge on any atom is -0.448 e. The van der Waals surface area contributed by atoms with Crippen LogP contribution < -0.4 is 5.32 Å². The minimum atomic E-state index is -0.349. The fourth-order valence-corrected chi connectivity index (χ4v) is 2.00. The average molecular weight is 273 g/mol. The molecule has 104 valence electrons. The van der Waals surface area contributed by atoms with E-state index in [1.165, 1.54) is 6.07 Å². The molecule has 1 N–H and O–H groups in total. The molecule has 0 bridgehead atoms. The summed E-state index contributed by atoms with van der Waals surface area (Å²) in [6.45, 7) is 3.16. The maximum absolute atomic E-state index is 12.0. The molecule has 20 heavy (non-hydrogen) atoms. The Hall–Kier alpha value is -2.55. The maximum atomic E-state index is 12.0. The number of cyclic esters (lactones) is 1. The monoisotopic (exact) mass is 273 g/mol. The van der Waals surface area contributed by atoms with Crippen LogP contribution in [-0.4, -0.2) is 42.6 Å². The zero-order valence-corrected chi connectivity index (χ0v) is 11.1. The van der Waals surface area contributed by atoms with E-state index in [0.717, 1.165) is 0 Å². The molecule has 2 amide bonds. The Balaban J connectivity index is 1.93. The summed E-state index contributed by atoms with van der Waals surface area (Å²) in [6, 6.07) is 8.28. The molecule has 6 nitrogen and oxygen atoms in total. The molecule has 1 heterocycles. The van der Waals surface area contributed by atoms with E-state index in [0.29, 0.717) is 30.8 Å². The molecule has 0 aliphatic carbocycles. The van der Waals surface area contributed by atoms with E-state index in [-0.39, 0.29) is 18.0 Å². The van der Waals surface area contributed by atoms with E-state index < -0.39 is 0 Å². The van der Waals surface area contributed by atoms with Gasteiger partial charge in [-0.15, -0.1) is 0 Å². The molecule has 0 aromatic heterocycles. The van der Waals surface area contributed by atoms with Crippen LogP contribution in [0.4, 0.5) is 4.79 Å². The van der Waals surface area contributed by atoms with Crippen molar-refractivity contribution in [2.75, 3.05) is 19.7 Å². The third-order valence-electron chi connectivity index (χ3n) is 2.97. The van der Waals surface area contributed by atoms with Crippen LogP contribution in [0.1, 0.15) is 22.8 Å². The van der Waals surface area contributed by atoms with Gasteiger partial charge in [0.2, 0.25) is 0 Å². The standard InChI is InChI=1S/C14H15N3O3/c1-10(9-17-5-6-20-14(17)19)16-13(18)12-4-2-3-11(7-12)8-15/h2-4,7,10H,5-6,9H2,1H3,(H,16,18)/t10-/m0/s1. The van der Waals surface area contributed by atoms with E-state index in [1.807, 2.05) is 13.0 Å².